The monoisotopic (exact) mass is 515 g/mol. The molecule has 6 rings (SSSR count). The van der Waals surface area contributed by atoms with Crippen LogP contribution >= 0.6 is 0 Å². The van der Waals surface area contributed by atoms with Crippen molar-refractivity contribution in [3.63, 3.8) is 0 Å². The Morgan fingerprint density at radius 2 is 1.90 bits per heavy atom. The van der Waals surface area contributed by atoms with E-state index in [9.17, 15) is 9.18 Å². The predicted molar refractivity (Wildman–Crippen MR) is 150 cm³/mol. The SMILES string of the molecule is [C-]#[N+]c1cnc(C)nc1N[C@@H](C)c1cc2cccc(-c3cnc4[nH]ccc4c3)c2c(=O)n1-c1cccc(F)c1. The van der Waals surface area contributed by atoms with Gasteiger partial charge in [0.1, 0.15) is 23.1 Å². The summed E-state index contributed by atoms with van der Waals surface area (Å²) in [5.74, 6) is 0.418. The van der Waals surface area contributed by atoms with Gasteiger partial charge in [-0.2, -0.15) is 0 Å². The molecule has 0 unspecified atom stereocenters. The second-order valence-corrected chi connectivity index (χ2v) is 9.23. The fourth-order valence-corrected chi connectivity index (χ4v) is 4.84. The molecule has 0 aliphatic rings. The Bertz CT molecular complexity index is 1990. The van der Waals surface area contributed by atoms with Crippen LogP contribution in [0.3, 0.4) is 0 Å². The molecule has 39 heavy (non-hydrogen) atoms. The van der Waals surface area contributed by atoms with E-state index >= 15 is 0 Å². The lowest BCUT2D eigenvalue weighted by Crippen LogP contribution is -2.26. The van der Waals surface area contributed by atoms with Gasteiger partial charge in [0.2, 0.25) is 5.69 Å². The van der Waals surface area contributed by atoms with Crippen LogP contribution in [0.2, 0.25) is 0 Å². The largest absolute Gasteiger partial charge is 0.371 e. The van der Waals surface area contributed by atoms with Gasteiger partial charge in [0.05, 0.1) is 23.7 Å². The standard InChI is InChI=1S/C30H22FN7O/c1-17(36-29-25(32-3)16-34-18(2)37-29)26-13-19-6-4-9-24(21-12-20-10-11-33-28(20)35-15-21)27(19)30(39)38(26)23-8-5-7-22(31)14-23/h4-17H,1-2H3,(H,33,35)(H,34,36,37)/t17-/m0/s1. The molecule has 6 aromatic rings. The van der Waals surface area contributed by atoms with Gasteiger partial charge in [-0.15, -0.1) is 0 Å². The van der Waals surface area contributed by atoms with Crippen molar-refractivity contribution in [2.75, 3.05) is 5.32 Å². The molecule has 190 valence electrons. The lowest BCUT2D eigenvalue weighted by Gasteiger charge is -2.22. The Morgan fingerprint density at radius 1 is 1.05 bits per heavy atom. The summed E-state index contributed by atoms with van der Waals surface area (Å²) in [5, 5.41) is 5.42. The molecule has 0 spiro atoms. The summed E-state index contributed by atoms with van der Waals surface area (Å²) >= 11 is 0. The van der Waals surface area contributed by atoms with Gasteiger partial charge in [-0.1, -0.05) is 24.3 Å². The van der Waals surface area contributed by atoms with Gasteiger partial charge in [0.25, 0.3) is 5.56 Å². The van der Waals surface area contributed by atoms with E-state index in [0.717, 1.165) is 27.5 Å². The molecule has 1 atom stereocenters. The van der Waals surface area contributed by atoms with Crippen LogP contribution in [0, 0.1) is 19.3 Å². The summed E-state index contributed by atoms with van der Waals surface area (Å²) in [7, 11) is 0. The molecular weight excluding hydrogens is 493 g/mol. The summed E-state index contributed by atoms with van der Waals surface area (Å²) < 4.78 is 15.9. The number of nitrogens with one attached hydrogen (secondary N) is 2. The minimum absolute atomic E-state index is 0.267. The first-order valence-corrected chi connectivity index (χ1v) is 12.3. The molecule has 0 aliphatic carbocycles. The molecule has 4 aromatic heterocycles. The number of benzene rings is 2. The molecule has 0 fully saturated rings. The topological polar surface area (TPSA) is 92.8 Å². The molecule has 0 saturated carbocycles. The van der Waals surface area contributed by atoms with Crippen LogP contribution in [-0.4, -0.2) is 24.5 Å². The number of aromatic nitrogens is 5. The molecule has 2 N–H and O–H groups in total. The van der Waals surface area contributed by atoms with Crippen LogP contribution < -0.4 is 10.9 Å². The second-order valence-electron chi connectivity index (χ2n) is 9.23. The van der Waals surface area contributed by atoms with Gasteiger partial charge in [-0.25, -0.2) is 19.2 Å². The second kappa shape index (κ2) is 9.50. The summed E-state index contributed by atoms with van der Waals surface area (Å²) in [4.78, 5) is 33.9. The smallest absolute Gasteiger partial charge is 0.263 e. The average Bonchev–Trinajstić information content (AvgIpc) is 3.41. The number of aryl methyl sites for hydroxylation is 1. The lowest BCUT2D eigenvalue weighted by molar-refractivity contribution is 0.625. The number of halogens is 1. The highest BCUT2D eigenvalue weighted by molar-refractivity contribution is 5.98. The zero-order chi connectivity index (χ0) is 27.1. The zero-order valence-corrected chi connectivity index (χ0v) is 21.1. The minimum atomic E-state index is -0.471. The number of rotatable bonds is 5. The third-order valence-corrected chi connectivity index (χ3v) is 6.66. The fraction of sp³-hybridized carbons (Fsp3) is 0.100. The van der Waals surface area contributed by atoms with Crippen LogP contribution in [0.1, 0.15) is 24.5 Å². The average molecular weight is 516 g/mol. The molecule has 2 aromatic carbocycles. The molecule has 0 bridgehead atoms. The summed E-state index contributed by atoms with van der Waals surface area (Å²) in [6.07, 6.45) is 5.02. The number of aromatic amines is 1. The van der Waals surface area contributed by atoms with Crippen molar-refractivity contribution < 1.29 is 4.39 Å². The van der Waals surface area contributed by atoms with Crippen molar-refractivity contribution in [1.82, 2.24) is 24.5 Å². The highest BCUT2D eigenvalue weighted by atomic mass is 19.1. The Balaban J connectivity index is 1.59. The van der Waals surface area contributed by atoms with Crippen molar-refractivity contribution in [3.8, 4) is 16.8 Å². The molecule has 0 aliphatic heterocycles. The Hall–Kier alpha value is -5.36. The molecular formula is C30H22FN7O. The van der Waals surface area contributed by atoms with E-state index < -0.39 is 11.9 Å². The quantitative estimate of drug-likeness (QED) is 0.256. The number of fused-ring (bicyclic) bond motifs is 2. The van der Waals surface area contributed by atoms with Crippen molar-refractivity contribution in [2.45, 2.75) is 19.9 Å². The Morgan fingerprint density at radius 3 is 2.72 bits per heavy atom. The lowest BCUT2D eigenvalue weighted by atomic mass is 9.98. The molecule has 9 heteroatoms. The third-order valence-electron chi connectivity index (χ3n) is 6.66. The third kappa shape index (κ3) is 4.28. The minimum Gasteiger partial charge on any atom is -0.371 e. The molecule has 4 heterocycles. The molecule has 0 saturated heterocycles. The Labute approximate surface area is 222 Å². The van der Waals surface area contributed by atoms with Crippen molar-refractivity contribution in [1.29, 1.82) is 0 Å². The molecule has 0 amide bonds. The Kier molecular flexibility index (Phi) is 5.85. The van der Waals surface area contributed by atoms with E-state index in [-0.39, 0.29) is 11.2 Å². The maximum Gasteiger partial charge on any atom is 0.263 e. The van der Waals surface area contributed by atoms with Crippen LogP contribution in [0.25, 0.3) is 43.5 Å². The molecule has 8 nitrogen and oxygen atoms in total. The number of H-pyrrole nitrogens is 1. The van der Waals surface area contributed by atoms with Crippen LogP contribution in [0.5, 0.6) is 0 Å². The van der Waals surface area contributed by atoms with Gasteiger partial charge in [-0.3, -0.25) is 14.3 Å². The first-order chi connectivity index (χ1) is 18.9. The predicted octanol–water partition coefficient (Wildman–Crippen LogP) is 6.50. The number of anilines is 1. The maximum atomic E-state index is 14.4. The van der Waals surface area contributed by atoms with Gasteiger partial charge >= 0.3 is 0 Å². The van der Waals surface area contributed by atoms with Gasteiger partial charge in [-0.05, 0) is 61.2 Å². The first kappa shape index (κ1) is 24.0. The van der Waals surface area contributed by atoms with Crippen molar-refractivity contribution in [2.24, 2.45) is 0 Å². The summed E-state index contributed by atoms with van der Waals surface area (Å²) in [6, 6.07) is 17.0. The first-order valence-electron chi connectivity index (χ1n) is 12.3. The van der Waals surface area contributed by atoms with Crippen molar-refractivity contribution in [3.05, 3.63) is 118 Å². The van der Waals surface area contributed by atoms with Crippen LogP contribution in [0.4, 0.5) is 15.9 Å². The van der Waals surface area contributed by atoms with E-state index in [0.29, 0.717) is 28.4 Å². The summed E-state index contributed by atoms with van der Waals surface area (Å²) in [6.45, 7) is 11.1. The zero-order valence-electron chi connectivity index (χ0n) is 21.1. The highest BCUT2D eigenvalue weighted by Gasteiger charge is 2.20. The fourth-order valence-electron chi connectivity index (χ4n) is 4.84. The molecule has 0 radical (unpaired) electrons. The summed E-state index contributed by atoms with van der Waals surface area (Å²) in [5.41, 5.74) is 3.24. The van der Waals surface area contributed by atoms with E-state index in [2.05, 4.69) is 30.1 Å². The highest BCUT2D eigenvalue weighted by Crippen LogP contribution is 2.32. The van der Waals surface area contributed by atoms with E-state index in [1.165, 1.54) is 22.9 Å². The van der Waals surface area contributed by atoms with E-state index in [4.69, 9.17) is 6.57 Å². The van der Waals surface area contributed by atoms with Gasteiger partial charge in [0, 0.05) is 35.2 Å². The van der Waals surface area contributed by atoms with Gasteiger partial charge < -0.3 is 10.3 Å². The van der Waals surface area contributed by atoms with Crippen LogP contribution in [0.15, 0.2) is 84.0 Å². The van der Waals surface area contributed by atoms with Crippen molar-refractivity contribution >= 4 is 33.3 Å². The maximum absolute atomic E-state index is 14.4. The number of pyridine rings is 2. The van der Waals surface area contributed by atoms with Gasteiger partial charge in [0.15, 0.2) is 0 Å². The van der Waals surface area contributed by atoms with E-state index in [1.807, 2.05) is 49.5 Å². The number of hydrogen-bond donors (Lipinski definition) is 2. The van der Waals surface area contributed by atoms with E-state index in [1.54, 1.807) is 25.3 Å². The normalized spacial score (nSPS) is 11.9. The number of hydrogen-bond acceptors (Lipinski definition) is 5. The van der Waals surface area contributed by atoms with Crippen LogP contribution in [-0.2, 0) is 0 Å². The number of nitrogens with zero attached hydrogens (tertiary/aromatic N) is 5.